The van der Waals surface area contributed by atoms with Crippen LogP contribution in [0.2, 0.25) is 0 Å². The lowest BCUT2D eigenvalue weighted by Gasteiger charge is -2.33. The third-order valence-electron chi connectivity index (χ3n) is 13.9. The molecule has 0 saturated heterocycles. The molecule has 1 aliphatic heterocycles. The maximum atomic E-state index is 6.57. The first kappa shape index (κ1) is 48.0. The van der Waals surface area contributed by atoms with E-state index in [2.05, 4.69) is 172 Å². The SMILES string of the molecule is CCCCc1ccc(-c2cc(-c3ccc(CCCC)nc3)cc(-c3cc(-c4cc(-c5ccc(CCCC)nc5)cc(-c5ccc(CCCC)nc5)c4)cc(N4c5ccccc5Oc5ccccc54)c3)c2)cn1. The molecule has 0 atom stereocenters. The number of rotatable bonds is 19. The Morgan fingerprint density at radius 2 is 0.597 bits per heavy atom. The second-order valence-electron chi connectivity index (χ2n) is 19.3. The third-order valence-corrected chi connectivity index (χ3v) is 13.9. The number of anilines is 3. The van der Waals surface area contributed by atoms with Gasteiger partial charge >= 0.3 is 0 Å². The van der Waals surface area contributed by atoms with E-state index in [1.54, 1.807) is 0 Å². The second kappa shape index (κ2) is 22.6. The molecule has 5 heterocycles. The molecule has 0 spiro atoms. The Bertz CT molecular complexity index is 2900. The Hall–Kier alpha value is -7.70. The molecule has 6 heteroatoms. The minimum Gasteiger partial charge on any atom is -0.453 e. The first-order valence-electron chi connectivity index (χ1n) is 26.4. The molecule has 0 amide bonds. The summed E-state index contributed by atoms with van der Waals surface area (Å²) < 4.78 is 6.57. The van der Waals surface area contributed by atoms with Crippen LogP contribution in [-0.4, -0.2) is 19.9 Å². The average Bonchev–Trinajstić information content (AvgIpc) is 3.44. The largest absolute Gasteiger partial charge is 0.453 e. The molecule has 360 valence electrons. The van der Waals surface area contributed by atoms with Gasteiger partial charge in [0, 0.05) is 75.5 Å². The zero-order valence-electron chi connectivity index (χ0n) is 42.4. The molecule has 9 aromatic rings. The summed E-state index contributed by atoms with van der Waals surface area (Å²) in [6.07, 6.45) is 21.2. The van der Waals surface area contributed by atoms with Gasteiger partial charge in [0.1, 0.15) is 0 Å². The average molecular weight is 944 g/mol. The van der Waals surface area contributed by atoms with E-state index in [9.17, 15) is 0 Å². The molecule has 1 aliphatic rings. The number of fused-ring (bicyclic) bond motifs is 2. The molecule has 4 aromatic heterocycles. The molecule has 72 heavy (non-hydrogen) atoms. The molecule has 0 aliphatic carbocycles. The highest BCUT2D eigenvalue weighted by Gasteiger charge is 2.26. The summed E-state index contributed by atoms with van der Waals surface area (Å²) in [4.78, 5) is 22.2. The van der Waals surface area contributed by atoms with Crippen molar-refractivity contribution in [3.8, 4) is 78.3 Å². The van der Waals surface area contributed by atoms with Crippen molar-refractivity contribution >= 4 is 17.1 Å². The van der Waals surface area contributed by atoms with Crippen molar-refractivity contribution in [3.05, 3.63) is 199 Å². The molecule has 10 rings (SSSR count). The molecule has 0 fully saturated rings. The standard InChI is InChI=1S/C66H65N5O/c1-5-9-17-58-29-25-46(42-67-58)50-33-51(47-26-30-59(68-43-47)18-10-6-2)36-54(35-50)56-39-57(41-62(40-56)71-63-21-13-15-23-65(63)72-66-24-16-14-22-64(66)71)55-37-52(48-27-31-60(69-44-48)19-11-7-3)34-53(38-55)49-28-32-61(70-45-49)20-12-8-4/h13-16,21-45H,5-12,17-20H2,1-4H3. The highest BCUT2D eigenvalue weighted by Crippen LogP contribution is 2.51. The van der Waals surface area contributed by atoms with E-state index >= 15 is 0 Å². The fourth-order valence-electron chi connectivity index (χ4n) is 9.72. The zero-order valence-corrected chi connectivity index (χ0v) is 42.4. The van der Waals surface area contributed by atoms with E-state index in [4.69, 9.17) is 24.7 Å². The quantitative estimate of drug-likeness (QED) is 0.0805. The summed E-state index contributed by atoms with van der Waals surface area (Å²) in [6, 6.07) is 55.4. The second-order valence-corrected chi connectivity index (χ2v) is 19.3. The van der Waals surface area contributed by atoms with Crippen LogP contribution in [0.25, 0.3) is 66.8 Å². The number of nitrogens with zero attached hydrogens (tertiary/aromatic N) is 5. The number of unbranched alkanes of at least 4 members (excludes halogenated alkanes) is 4. The van der Waals surface area contributed by atoms with Crippen LogP contribution >= 0.6 is 0 Å². The van der Waals surface area contributed by atoms with Gasteiger partial charge in [0.15, 0.2) is 11.5 Å². The number of aromatic nitrogens is 4. The van der Waals surface area contributed by atoms with E-state index in [0.29, 0.717) is 0 Å². The van der Waals surface area contributed by atoms with Crippen LogP contribution in [0.1, 0.15) is 102 Å². The topological polar surface area (TPSA) is 64.0 Å². The monoisotopic (exact) mass is 944 g/mol. The lowest BCUT2D eigenvalue weighted by molar-refractivity contribution is 0.477. The predicted molar refractivity (Wildman–Crippen MR) is 299 cm³/mol. The number of para-hydroxylation sites is 4. The molecule has 0 saturated carbocycles. The van der Waals surface area contributed by atoms with Crippen LogP contribution in [0, 0.1) is 0 Å². The van der Waals surface area contributed by atoms with Crippen molar-refractivity contribution < 1.29 is 4.74 Å². The molecule has 6 nitrogen and oxygen atoms in total. The number of hydrogen-bond acceptors (Lipinski definition) is 6. The van der Waals surface area contributed by atoms with E-state index < -0.39 is 0 Å². The van der Waals surface area contributed by atoms with E-state index in [1.807, 2.05) is 36.9 Å². The minimum atomic E-state index is 0.811. The fraction of sp³-hybridized carbons (Fsp3) is 0.242. The van der Waals surface area contributed by atoms with E-state index in [0.717, 1.165) is 195 Å². The third kappa shape index (κ3) is 10.9. The van der Waals surface area contributed by atoms with Gasteiger partial charge in [-0.2, -0.15) is 0 Å². The maximum Gasteiger partial charge on any atom is 0.151 e. The first-order valence-corrected chi connectivity index (χ1v) is 26.4. The van der Waals surface area contributed by atoms with Gasteiger partial charge in [0.2, 0.25) is 0 Å². The fourth-order valence-corrected chi connectivity index (χ4v) is 9.72. The van der Waals surface area contributed by atoms with E-state index in [1.165, 1.54) is 0 Å². The van der Waals surface area contributed by atoms with Crippen LogP contribution in [0.4, 0.5) is 17.1 Å². The molecule has 0 unspecified atom stereocenters. The number of hydrogen-bond donors (Lipinski definition) is 0. The van der Waals surface area contributed by atoms with Crippen LogP contribution in [0.15, 0.2) is 176 Å². The molecule has 0 radical (unpaired) electrons. The highest BCUT2D eigenvalue weighted by atomic mass is 16.5. The van der Waals surface area contributed by atoms with Gasteiger partial charge in [-0.25, -0.2) is 0 Å². The van der Waals surface area contributed by atoms with Gasteiger partial charge in [0.05, 0.1) is 11.4 Å². The molecular formula is C66H65N5O. The first-order chi connectivity index (χ1) is 35.5. The number of aryl methyl sites for hydroxylation is 4. The van der Waals surface area contributed by atoms with Gasteiger partial charge in [-0.1, -0.05) is 102 Å². The maximum absolute atomic E-state index is 6.57. The van der Waals surface area contributed by atoms with Gasteiger partial charge in [0.25, 0.3) is 0 Å². The summed E-state index contributed by atoms with van der Waals surface area (Å²) >= 11 is 0. The zero-order chi connectivity index (χ0) is 49.2. The molecule has 5 aromatic carbocycles. The number of benzene rings is 5. The van der Waals surface area contributed by atoms with Gasteiger partial charge in [-0.05, 0) is 199 Å². The van der Waals surface area contributed by atoms with E-state index in [-0.39, 0.29) is 0 Å². The van der Waals surface area contributed by atoms with Gasteiger partial charge < -0.3 is 9.64 Å². The van der Waals surface area contributed by atoms with Crippen LogP contribution in [0.3, 0.4) is 0 Å². The van der Waals surface area contributed by atoms with Crippen molar-refractivity contribution in [3.63, 3.8) is 0 Å². The van der Waals surface area contributed by atoms with Crippen molar-refractivity contribution in [2.75, 3.05) is 4.90 Å². The summed E-state index contributed by atoms with van der Waals surface area (Å²) in [6.45, 7) is 8.92. The predicted octanol–water partition coefficient (Wildman–Crippen LogP) is 18.2. The Kier molecular flexibility index (Phi) is 15.0. The van der Waals surface area contributed by atoms with Gasteiger partial charge in [-0.15, -0.1) is 0 Å². The highest BCUT2D eigenvalue weighted by molar-refractivity contribution is 5.92. The van der Waals surface area contributed by atoms with Crippen molar-refractivity contribution in [2.45, 2.75) is 105 Å². The molecule has 0 bridgehead atoms. The van der Waals surface area contributed by atoms with Crippen molar-refractivity contribution in [2.24, 2.45) is 0 Å². The summed E-state index contributed by atoms with van der Waals surface area (Å²) in [7, 11) is 0. The number of pyridine rings is 4. The lowest BCUT2D eigenvalue weighted by Crippen LogP contribution is -2.15. The van der Waals surface area contributed by atoms with Gasteiger partial charge in [-0.3, -0.25) is 19.9 Å². The summed E-state index contributed by atoms with van der Waals surface area (Å²) in [5, 5.41) is 0. The Balaban J connectivity index is 1.19. The van der Waals surface area contributed by atoms with Crippen LogP contribution < -0.4 is 9.64 Å². The van der Waals surface area contributed by atoms with Crippen molar-refractivity contribution in [1.82, 2.24) is 19.9 Å². The lowest BCUT2D eigenvalue weighted by atomic mass is 9.90. The summed E-state index contributed by atoms with van der Waals surface area (Å²) in [5.74, 6) is 1.62. The smallest absolute Gasteiger partial charge is 0.151 e. The van der Waals surface area contributed by atoms with Crippen molar-refractivity contribution in [1.29, 1.82) is 0 Å². The summed E-state index contributed by atoms with van der Waals surface area (Å²) in [5.41, 5.74) is 20.6. The molecule has 0 N–H and O–H groups in total. The Morgan fingerprint density at radius 3 is 0.875 bits per heavy atom. The minimum absolute atomic E-state index is 0.811. The Morgan fingerprint density at radius 1 is 0.319 bits per heavy atom. The van der Waals surface area contributed by atoms with Crippen LogP contribution in [0.5, 0.6) is 11.5 Å². The normalized spacial score (nSPS) is 11.8. The van der Waals surface area contributed by atoms with Crippen LogP contribution in [-0.2, 0) is 25.7 Å². The number of ether oxygens (including phenoxy) is 1. The Labute approximate surface area is 426 Å². The molecular weight excluding hydrogens is 879 g/mol.